The average Bonchev–Trinajstić information content (AvgIpc) is 2.42. The second-order valence-electron chi connectivity index (χ2n) is 4.90. The van der Waals surface area contributed by atoms with E-state index < -0.39 is 0 Å². The minimum atomic E-state index is 0.235. The summed E-state index contributed by atoms with van der Waals surface area (Å²) in [4.78, 5) is 10.7. The molecule has 0 saturated heterocycles. The molecule has 1 aromatic heterocycles. The van der Waals surface area contributed by atoms with Crippen molar-refractivity contribution in [2.24, 2.45) is 16.8 Å². The fourth-order valence-corrected chi connectivity index (χ4v) is 1.79. The number of oxime groups is 1. The van der Waals surface area contributed by atoms with Crippen LogP contribution in [0.2, 0.25) is 0 Å². The smallest absolute Gasteiger partial charge is 0.140 e. The molecule has 0 fully saturated rings. The van der Waals surface area contributed by atoms with Crippen LogP contribution in [0.5, 0.6) is 0 Å². The predicted octanol–water partition coefficient (Wildman–Crippen LogP) is 1.64. The van der Waals surface area contributed by atoms with Crippen molar-refractivity contribution in [2.45, 2.75) is 33.6 Å². The summed E-state index contributed by atoms with van der Waals surface area (Å²) in [6.07, 6.45) is 2.98. The normalized spacial score (nSPS) is 11.9. The molecule has 0 saturated carbocycles. The second kappa shape index (κ2) is 7.56. The van der Waals surface area contributed by atoms with E-state index in [0.29, 0.717) is 18.9 Å². The van der Waals surface area contributed by atoms with E-state index in [0.717, 1.165) is 24.5 Å². The maximum absolute atomic E-state index is 8.60. The maximum Gasteiger partial charge on any atom is 0.140 e. The van der Waals surface area contributed by atoms with E-state index in [1.165, 1.54) is 0 Å². The van der Waals surface area contributed by atoms with Gasteiger partial charge < -0.3 is 15.8 Å². The molecular formula is C13H23N5O. The van der Waals surface area contributed by atoms with Crippen molar-refractivity contribution in [3.63, 3.8) is 0 Å². The van der Waals surface area contributed by atoms with E-state index >= 15 is 0 Å². The van der Waals surface area contributed by atoms with Gasteiger partial charge in [-0.2, -0.15) is 0 Å². The molecule has 0 bridgehead atoms. The largest absolute Gasteiger partial charge is 0.409 e. The molecular weight excluding hydrogens is 242 g/mol. The summed E-state index contributed by atoms with van der Waals surface area (Å²) in [6, 6.07) is 1.99. The Bertz CT molecular complexity index is 419. The Labute approximate surface area is 114 Å². The summed E-state index contributed by atoms with van der Waals surface area (Å²) >= 11 is 0. The molecule has 1 aromatic rings. The van der Waals surface area contributed by atoms with Gasteiger partial charge in [-0.25, -0.2) is 9.97 Å². The van der Waals surface area contributed by atoms with Crippen molar-refractivity contribution >= 4 is 11.7 Å². The molecule has 0 spiro atoms. The number of rotatable bonds is 7. The van der Waals surface area contributed by atoms with Crippen LogP contribution >= 0.6 is 0 Å². The SMILES string of the molecule is CCc1cc(N(CCC(N)=NO)CC(C)C)ncn1. The number of nitrogens with zero attached hydrogens (tertiary/aromatic N) is 4. The molecule has 0 amide bonds. The third-order valence-corrected chi connectivity index (χ3v) is 2.75. The minimum absolute atomic E-state index is 0.235. The van der Waals surface area contributed by atoms with E-state index in [1.54, 1.807) is 6.33 Å². The highest BCUT2D eigenvalue weighted by molar-refractivity contribution is 5.80. The Kier molecular flexibility index (Phi) is 6.05. The third kappa shape index (κ3) is 5.11. The van der Waals surface area contributed by atoms with E-state index in [1.807, 2.05) is 6.07 Å². The lowest BCUT2D eigenvalue weighted by Crippen LogP contribution is -2.32. The second-order valence-corrected chi connectivity index (χ2v) is 4.90. The van der Waals surface area contributed by atoms with Gasteiger partial charge in [-0.3, -0.25) is 0 Å². The van der Waals surface area contributed by atoms with Gasteiger partial charge in [0.05, 0.1) is 0 Å². The highest BCUT2D eigenvalue weighted by Crippen LogP contribution is 2.14. The van der Waals surface area contributed by atoms with E-state index in [2.05, 4.69) is 40.8 Å². The fraction of sp³-hybridized carbons (Fsp3) is 0.615. The molecule has 6 nitrogen and oxygen atoms in total. The lowest BCUT2D eigenvalue weighted by Gasteiger charge is -2.25. The number of aryl methyl sites for hydroxylation is 1. The Morgan fingerprint density at radius 1 is 1.47 bits per heavy atom. The summed E-state index contributed by atoms with van der Waals surface area (Å²) in [7, 11) is 0. The first-order chi connectivity index (χ1) is 9.06. The minimum Gasteiger partial charge on any atom is -0.409 e. The van der Waals surface area contributed by atoms with Crippen LogP contribution in [0.3, 0.4) is 0 Å². The summed E-state index contributed by atoms with van der Waals surface area (Å²) < 4.78 is 0. The summed E-state index contributed by atoms with van der Waals surface area (Å²) in [5, 5.41) is 11.6. The van der Waals surface area contributed by atoms with Gasteiger partial charge in [0.25, 0.3) is 0 Å². The number of anilines is 1. The number of hydrogen-bond acceptors (Lipinski definition) is 5. The number of amidine groups is 1. The van der Waals surface area contributed by atoms with Crippen LogP contribution in [0, 0.1) is 5.92 Å². The summed E-state index contributed by atoms with van der Waals surface area (Å²) in [5.41, 5.74) is 6.54. The molecule has 0 atom stereocenters. The van der Waals surface area contributed by atoms with Gasteiger partial charge in [-0.1, -0.05) is 25.9 Å². The van der Waals surface area contributed by atoms with Crippen LogP contribution in [0.15, 0.2) is 17.5 Å². The zero-order chi connectivity index (χ0) is 14.3. The van der Waals surface area contributed by atoms with Gasteiger partial charge >= 0.3 is 0 Å². The number of aromatic nitrogens is 2. The molecule has 0 unspecified atom stereocenters. The predicted molar refractivity (Wildman–Crippen MR) is 76.5 cm³/mol. The third-order valence-electron chi connectivity index (χ3n) is 2.75. The molecule has 0 aromatic carbocycles. The van der Waals surface area contributed by atoms with Gasteiger partial charge in [0, 0.05) is 31.3 Å². The lowest BCUT2D eigenvalue weighted by atomic mass is 10.2. The van der Waals surface area contributed by atoms with Crippen LogP contribution < -0.4 is 10.6 Å². The van der Waals surface area contributed by atoms with Crippen molar-refractivity contribution < 1.29 is 5.21 Å². The van der Waals surface area contributed by atoms with Crippen molar-refractivity contribution in [1.29, 1.82) is 0 Å². The van der Waals surface area contributed by atoms with Gasteiger partial charge in [-0.15, -0.1) is 0 Å². The molecule has 0 aliphatic heterocycles. The van der Waals surface area contributed by atoms with Crippen molar-refractivity contribution in [1.82, 2.24) is 9.97 Å². The quantitative estimate of drug-likeness (QED) is 0.339. The number of hydrogen-bond donors (Lipinski definition) is 2. The highest BCUT2D eigenvalue weighted by Gasteiger charge is 2.11. The van der Waals surface area contributed by atoms with Crippen LogP contribution in [-0.4, -0.2) is 34.1 Å². The van der Waals surface area contributed by atoms with Crippen LogP contribution in [-0.2, 0) is 6.42 Å². The molecule has 6 heteroatoms. The van der Waals surface area contributed by atoms with E-state index in [4.69, 9.17) is 10.9 Å². The Morgan fingerprint density at radius 3 is 2.79 bits per heavy atom. The van der Waals surface area contributed by atoms with Gasteiger partial charge in [0.2, 0.25) is 0 Å². The lowest BCUT2D eigenvalue weighted by molar-refractivity contribution is 0.317. The van der Waals surface area contributed by atoms with Crippen molar-refractivity contribution in [3.05, 3.63) is 18.1 Å². The van der Waals surface area contributed by atoms with Gasteiger partial charge in [-0.05, 0) is 12.3 Å². The zero-order valence-electron chi connectivity index (χ0n) is 11.9. The molecule has 1 rings (SSSR count). The molecule has 0 aliphatic rings. The van der Waals surface area contributed by atoms with Gasteiger partial charge in [0.1, 0.15) is 18.0 Å². The van der Waals surface area contributed by atoms with Crippen LogP contribution in [0.4, 0.5) is 5.82 Å². The molecule has 0 radical (unpaired) electrons. The van der Waals surface area contributed by atoms with Crippen LogP contribution in [0.25, 0.3) is 0 Å². The summed E-state index contributed by atoms with van der Waals surface area (Å²) in [6.45, 7) is 7.92. The summed E-state index contributed by atoms with van der Waals surface area (Å²) in [5.74, 6) is 1.64. The van der Waals surface area contributed by atoms with E-state index in [9.17, 15) is 0 Å². The Morgan fingerprint density at radius 2 is 2.21 bits per heavy atom. The monoisotopic (exact) mass is 265 g/mol. The standard InChI is InChI=1S/C13H23N5O/c1-4-11-7-13(16-9-15-11)18(8-10(2)3)6-5-12(14)17-19/h7,9-10,19H,4-6,8H2,1-3H3,(H2,14,17). The number of nitrogens with two attached hydrogens (primary N) is 1. The molecule has 19 heavy (non-hydrogen) atoms. The maximum atomic E-state index is 8.60. The Hall–Kier alpha value is -1.85. The van der Waals surface area contributed by atoms with Crippen molar-refractivity contribution in [2.75, 3.05) is 18.0 Å². The fourth-order valence-electron chi connectivity index (χ4n) is 1.79. The average molecular weight is 265 g/mol. The molecule has 106 valence electrons. The molecule has 0 aliphatic carbocycles. The molecule has 3 N–H and O–H groups in total. The Balaban J connectivity index is 2.82. The first-order valence-corrected chi connectivity index (χ1v) is 6.59. The van der Waals surface area contributed by atoms with Gasteiger partial charge in [0.15, 0.2) is 0 Å². The molecule has 1 heterocycles. The zero-order valence-corrected chi connectivity index (χ0v) is 11.9. The highest BCUT2D eigenvalue weighted by atomic mass is 16.4. The van der Waals surface area contributed by atoms with Crippen LogP contribution in [0.1, 0.15) is 32.9 Å². The topological polar surface area (TPSA) is 87.6 Å². The first-order valence-electron chi connectivity index (χ1n) is 6.59. The van der Waals surface area contributed by atoms with Crippen molar-refractivity contribution in [3.8, 4) is 0 Å². The van der Waals surface area contributed by atoms with E-state index in [-0.39, 0.29) is 5.84 Å². The first kappa shape index (κ1) is 15.2.